The zero-order valence-corrected chi connectivity index (χ0v) is 11.1. The largest absolute Gasteiger partial charge is 0.418 e. The quantitative estimate of drug-likeness (QED) is 0.876. The van der Waals surface area contributed by atoms with Gasteiger partial charge in [-0.15, -0.1) is 0 Å². The second-order valence-electron chi connectivity index (χ2n) is 5.08. The highest BCUT2D eigenvalue weighted by Gasteiger charge is 2.34. The van der Waals surface area contributed by atoms with Gasteiger partial charge < -0.3 is 10.6 Å². The smallest absolute Gasteiger partial charge is 0.324 e. The summed E-state index contributed by atoms with van der Waals surface area (Å²) in [6, 6.07) is 4.79. The molecule has 0 saturated carbocycles. The topological polar surface area (TPSA) is 41.1 Å². The lowest BCUT2D eigenvalue weighted by molar-refractivity contribution is -0.137. The van der Waals surface area contributed by atoms with Crippen molar-refractivity contribution in [1.29, 1.82) is 0 Å². The number of nitrogens with one attached hydrogen (secondary N) is 2. The van der Waals surface area contributed by atoms with E-state index in [9.17, 15) is 18.0 Å². The van der Waals surface area contributed by atoms with Crippen LogP contribution < -0.4 is 10.6 Å². The fraction of sp³-hybridized carbons (Fsp3) is 0.500. The van der Waals surface area contributed by atoms with Gasteiger partial charge in [0, 0.05) is 6.04 Å². The monoisotopic (exact) mass is 286 g/mol. The summed E-state index contributed by atoms with van der Waals surface area (Å²) < 4.78 is 38.5. The van der Waals surface area contributed by atoms with Gasteiger partial charge in [-0.25, -0.2) is 0 Å². The summed E-state index contributed by atoms with van der Waals surface area (Å²) in [7, 11) is 0. The fourth-order valence-electron chi connectivity index (χ4n) is 2.40. The molecule has 1 aromatic carbocycles. The van der Waals surface area contributed by atoms with Gasteiger partial charge in [0.05, 0.1) is 17.3 Å². The highest BCUT2D eigenvalue weighted by molar-refractivity contribution is 5.95. The summed E-state index contributed by atoms with van der Waals surface area (Å²) in [6.45, 7) is 1.96. The molecule has 1 aliphatic rings. The Kier molecular flexibility index (Phi) is 4.32. The van der Waals surface area contributed by atoms with E-state index in [1.54, 1.807) is 0 Å². The molecule has 0 radical (unpaired) electrons. The molecular weight excluding hydrogens is 269 g/mol. The van der Waals surface area contributed by atoms with E-state index in [4.69, 9.17) is 0 Å². The van der Waals surface area contributed by atoms with Crippen LogP contribution in [0.15, 0.2) is 24.3 Å². The molecule has 0 aliphatic carbocycles. The summed E-state index contributed by atoms with van der Waals surface area (Å²) in [6.07, 6.45) is -1.96. The van der Waals surface area contributed by atoms with Crippen LogP contribution in [0.2, 0.25) is 0 Å². The Hall–Kier alpha value is -1.56. The second-order valence-corrected chi connectivity index (χ2v) is 5.08. The van der Waals surface area contributed by atoms with E-state index >= 15 is 0 Å². The number of anilines is 1. The minimum absolute atomic E-state index is 0.190. The maximum atomic E-state index is 12.8. The minimum Gasteiger partial charge on any atom is -0.324 e. The van der Waals surface area contributed by atoms with Gasteiger partial charge in [-0.3, -0.25) is 4.79 Å². The van der Waals surface area contributed by atoms with Crippen LogP contribution >= 0.6 is 0 Å². The number of alkyl halides is 3. The first-order valence-electron chi connectivity index (χ1n) is 6.61. The molecular formula is C14H17F3N2O. The van der Waals surface area contributed by atoms with Gasteiger partial charge in [0.2, 0.25) is 5.91 Å². The molecule has 0 spiro atoms. The van der Waals surface area contributed by atoms with Gasteiger partial charge in [-0.05, 0) is 38.3 Å². The van der Waals surface area contributed by atoms with Crippen LogP contribution in [0, 0.1) is 0 Å². The molecule has 6 heteroatoms. The first-order chi connectivity index (χ1) is 9.38. The molecule has 1 fully saturated rings. The lowest BCUT2D eigenvalue weighted by atomic mass is 9.99. The van der Waals surface area contributed by atoms with E-state index in [0.717, 1.165) is 18.9 Å². The number of carbonyl (C=O) groups excluding carboxylic acids is 1. The molecule has 2 N–H and O–H groups in total. The van der Waals surface area contributed by atoms with Gasteiger partial charge in [0.15, 0.2) is 0 Å². The lowest BCUT2D eigenvalue weighted by Gasteiger charge is -2.28. The highest BCUT2D eigenvalue weighted by atomic mass is 19.4. The molecule has 110 valence electrons. The molecule has 2 rings (SSSR count). The molecule has 1 amide bonds. The Morgan fingerprint density at radius 1 is 1.30 bits per heavy atom. The predicted molar refractivity (Wildman–Crippen MR) is 70.3 cm³/mol. The van der Waals surface area contributed by atoms with Crippen molar-refractivity contribution in [2.75, 3.05) is 5.32 Å². The summed E-state index contributed by atoms with van der Waals surface area (Å²) in [5, 5.41) is 5.49. The van der Waals surface area contributed by atoms with Crippen LogP contribution in [0.3, 0.4) is 0 Å². The third-order valence-corrected chi connectivity index (χ3v) is 3.42. The van der Waals surface area contributed by atoms with E-state index < -0.39 is 23.7 Å². The molecule has 2 atom stereocenters. The first-order valence-corrected chi connectivity index (χ1v) is 6.61. The molecule has 0 aromatic heterocycles. The van der Waals surface area contributed by atoms with Crippen molar-refractivity contribution in [3.63, 3.8) is 0 Å². The SMILES string of the molecule is CC1CCCC(C(=O)Nc2ccccc2C(F)(F)F)N1. The number of carbonyl (C=O) groups is 1. The van der Waals surface area contributed by atoms with Crippen LogP contribution in [-0.2, 0) is 11.0 Å². The van der Waals surface area contributed by atoms with Crippen LogP contribution in [-0.4, -0.2) is 18.0 Å². The van der Waals surface area contributed by atoms with Crippen molar-refractivity contribution in [3.8, 4) is 0 Å². The number of benzene rings is 1. The fourth-order valence-corrected chi connectivity index (χ4v) is 2.40. The van der Waals surface area contributed by atoms with Crippen LogP contribution in [0.25, 0.3) is 0 Å². The average molecular weight is 286 g/mol. The number of rotatable bonds is 2. The highest BCUT2D eigenvalue weighted by Crippen LogP contribution is 2.34. The number of piperidine rings is 1. The van der Waals surface area contributed by atoms with E-state index in [1.165, 1.54) is 18.2 Å². The van der Waals surface area contributed by atoms with E-state index in [2.05, 4.69) is 10.6 Å². The van der Waals surface area contributed by atoms with Crippen molar-refractivity contribution in [3.05, 3.63) is 29.8 Å². The summed E-state index contributed by atoms with van der Waals surface area (Å²) in [5.74, 6) is -0.409. The Labute approximate surface area is 115 Å². The number of hydrogen-bond acceptors (Lipinski definition) is 2. The Balaban J connectivity index is 2.12. The Morgan fingerprint density at radius 2 is 2.00 bits per heavy atom. The van der Waals surface area contributed by atoms with Gasteiger partial charge in [-0.2, -0.15) is 13.2 Å². The molecule has 1 aliphatic heterocycles. The van der Waals surface area contributed by atoms with Crippen LogP contribution in [0.1, 0.15) is 31.7 Å². The number of halogens is 3. The summed E-state index contributed by atoms with van der Waals surface area (Å²) in [5.41, 5.74) is -1.01. The molecule has 0 bridgehead atoms. The minimum atomic E-state index is -4.48. The summed E-state index contributed by atoms with van der Waals surface area (Å²) >= 11 is 0. The average Bonchev–Trinajstić information content (AvgIpc) is 2.38. The third-order valence-electron chi connectivity index (χ3n) is 3.42. The number of hydrogen-bond donors (Lipinski definition) is 2. The molecule has 1 heterocycles. The maximum absolute atomic E-state index is 12.8. The van der Waals surface area contributed by atoms with Gasteiger partial charge in [0.25, 0.3) is 0 Å². The van der Waals surface area contributed by atoms with E-state index in [-0.39, 0.29) is 11.7 Å². The van der Waals surface area contributed by atoms with E-state index in [0.29, 0.717) is 6.42 Å². The van der Waals surface area contributed by atoms with Gasteiger partial charge in [-0.1, -0.05) is 12.1 Å². The Bertz CT molecular complexity index is 488. The first kappa shape index (κ1) is 14.8. The number of amides is 1. The maximum Gasteiger partial charge on any atom is 0.418 e. The van der Waals surface area contributed by atoms with Crippen molar-refractivity contribution in [2.45, 2.75) is 44.4 Å². The van der Waals surface area contributed by atoms with Crippen LogP contribution in [0.4, 0.5) is 18.9 Å². The molecule has 1 aromatic rings. The molecule has 20 heavy (non-hydrogen) atoms. The van der Waals surface area contributed by atoms with Gasteiger partial charge >= 0.3 is 6.18 Å². The van der Waals surface area contributed by atoms with Crippen molar-refractivity contribution in [1.82, 2.24) is 5.32 Å². The number of para-hydroxylation sites is 1. The predicted octanol–water partition coefficient (Wildman–Crippen LogP) is 3.17. The normalized spacial score (nSPS) is 23.4. The standard InChI is InChI=1S/C14H17F3N2O/c1-9-5-4-8-12(18-9)13(20)19-11-7-3-2-6-10(11)14(15,16)17/h2-3,6-7,9,12,18H,4-5,8H2,1H3,(H,19,20). The van der Waals surface area contributed by atoms with Crippen molar-refractivity contribution < 1.29 is 18.0 Å². The molecule has 3 nitrogen and oxygen atoms in total. The van der Waals surface area contributed by atoms with Gasteiger partial charge in [0.1, 0.15) is 0 Å². The Morgan fingerprint density at radius 3 is 2.65 bits per heavy atom. The zero-order chi connectivity index (χ0) is 14.8. The van der Waals surface area contributed by atoms with Crippen LogP contribution in [0.5, 0.6) is 0 Å². The summed E-state index contributed by atoms with van der Waals surface area (Å²) in [4.78, 5) is 12.1. The van der Waals surface area contributed by atoms with E-state index in [1.807, 2.05) is 6.92 Å². The molecule has 2 unspecified atom stereocenters. The molecule has 1 saturated heterocycles. The zero-order valence-electron chi connectivity index (χ0n) is 11.1. The third kappa shape index (κ3) is 3.50. The van der Waals surface area contributed by atoms with Crippen molar-refractivity contribution in [2.24, 2.45) is 0 Å². The second kappa shape index (κ2) is 5.83. The van der Waals surface area contributed by atoms with Crippen molar-refractivity contribution >= 4 is 11.6 Å². The lowest BCUT2D eigenvalue weighted by Crippen LogP contribution is -2.47.